The number of hydrogen-bond acceptors (Lipinski definition) is 0. The van der Waals surface area contributed by atoms with Crippen molar-refractivity contribution >= 4 is 11.6 Å². The third-order valence-corrected chi connectivity index (χ3v) is 3.81. The Morgan fingerprint density at radius 2 is 1.57 bits per heavy atom. The molecule has 3 heteroatoms. The zero-order valence-electron chi connectivity index (χ0n) is 12.7. The molecule has 0 radical (unpaired) electrons. The summed E-state index contributed by atoms with van der Waals surface area (Å²) in [6.07, 6.45) is 0.742. The Morgan fingerprint density at radius 3 is 2.14 bits per heavy atom. The smallest absolute Gasteiger partial charge is 0.145 e. The van der Waals surface area contributed by atoms with E-state index in [4.69, 9.17) is 11.6 Å². The number of halogens is 3. The third-order valence-electron chi connectivity index (χ3n) is 3.54. The third kappa shape index (κ3) is 3.44. The van der Waals surface area contributed by atoms with E-state index in [9.17, 15) is 8.78 Å². The van der Waals surface area contributed by atoms with Crippen LogP contribution in [-0.2, 0) is 11.8 Å². The molecule has 21 heavy (non-hydrogen) atoms. The predicted octanol–water partition coefficient (Wildman–Crippen LogP) is 6.15. The average Bonchev–Trinajstić information content (AvgIpc) is 2.39. The summed E-state index contributed by atoms with van der Waals surface area (Å²) in [6.45, 7) is 7.74. The first-order valence-electron chi connectivity index (χ1n) is 7.01. The Labute approximate surface area is 129 Å². The fourth-order valence-corrected chi connectivity index (χ4v) is 2.54. The maximum absolute atomic E-state index is 14.2. The highest BCUT2D eigenvalue weighted by Crippen LogP contribution is 2.34. The molecule has 2 rings (SSSR count). The van der Waals surface area contributed by atoms with Crippen molar-refractivity contribution in [1.82, 2.24) is 0 Å². The molecule has 112 valence electrons. The van der Waals surface area contributed by atoms with Gasteiger partial charge in [0.2, 0.25) is 0 Å². The standard InChI is InChI=1S/C18H19ClF2/c1-5-11-6-12(8-14(20)7-11)13-9-15(18(2,3)4)17(21)16(19)10-13/h6-10H,5H2,1-4H3. The molecule has 0 aromatic heterocycles. The first kappa shape index (κ1) is 16.0. The van der Waals surface area contributed by atoms with Crippen molar-refractivity contribution in [2.45, 2.75) is 39.5 Å². The maximum Gasteiger partial charge on any atom is 0.145 e. The molecule has 2 aromatic rings. The molecule has 0 aliphatic carbocycles. The van der Waals surface area contributed by atoms with Crippen LogP contribution in [0.25, 0.3) is 11.1 Å². The van der Waals surface area contributed by atoms with Crippen LogP contribution in [0.1, 0.15) is 38.8 Å². The van der Waals surface area contributed by atoms with Gasteiger partial charge in [0.15, 0.2) is 0 Å². The monoisotopic (exact) mass is 308 g/mol. The highest BCUT2D eigenvalue weighted by atomic mass is 35.5. The minimum absolute atomic E-state index is 0.0692. The van der Waals surface area contributed by atoms with Gasteiger partial charge in [-0.3, -0.25) is 0 Å². The topological polar surface area (TPSA) is 0 Å². The van der Waals surface area contributed by atoms with Gasteiger partial charge in [-0.2, -0.15) is 0 Å². The van der Waals surface area contributed by atoms with Gasteiger partial charge >= 0.3 is 0 Å². The SMILES string of the molecule is CCc1cc(F)cc(-c2cc(Cl)c(F)c(C(C)(C)C)c2)c1. The quantitative estimate of drug-likeness (QED) is 0.624. The van der Waals surface area contributed by atoms with Gasteiger partial charge in [-0.25, -0.2) is 8.78 Å². The van der Waals surface area contributed by atoms with Gasteiger partial charge in [0.05, 0.1) is 5.02 Å². The van der Waals surface area contributed by atoms with Gasteiger partial charge in [-0.1, -0.05) is 45.4 Å². The van der Waals surface area contributed by atoms with E-state index in [0.29, 0.717) is 5.56 Å². The van der Waals surface area contributed by atoms with Crippen LogP contribution in [0.2, 0.25) is 5.02 Å². The normalized spacial score (nSPS) is 11.8. The van der Waals surface area contributed by atoms with E-state index < -0.39 is 5.82 Å². The van der Waals surface area contributed by atoms with Crippen LogP contribution in [-0.4, -0.2) is 0 Å². The second-order valence-corrected chi connectivity index (χ2v) is 6.68. The van der Waals surface area contributed by atoms with Gasteiger partial charge in [0.25, 0.3) is 0 Å². The second-order valence-electron chi connectivity index (χ2n) is 6.27. The minimum Gasteiger partial charge on any atom is -0.207 e. The average molecular weight is 309 g/mol. The minimum atomic E-state index is -0.403. The summed E-state index contributed by atoms with van der Waals surface area (Å²) >= 11 is 6.02. The summed E-state index contributed by atoms with van der Waals surface area (Å²) in [7, 11) is 0. The molecule has 0 aliphatic rings. The van der Waals surface area contributed by atoms with E-state index in [-0.39, 0.29) is 16.3 Å². The molecule has 0 N–H and O–H groups in total. The Morgan fingerprint density at radius 1 is 0.952 bits per heavy atom. The molecular weight excluding hydrogens is 290 g/mol. The Balaban J connectivity index is 2.65. The van der Waals surface area contributed by atoms with Gasteiger partial charge in [-0.05, 0) is 58.4 Å². The summed E-state index contributed by atoms with van der Waals surface area (Å²) in [5.41, 5.74) is 2.53. The van der Waals surface area contributed by atoms with Crippen LogP contribution < -0.4 is 0 Å². The summed E-state index contributed by atoms with van der Waals surface area (Å²) in [6, 6.07) is 8.20. The summed E-state index contributed by atoms with van der Waals surface area (Å²) < 4.78 is 27.9. The fourth-order valence-electron chi connectivity index (χ4n) is 2.32. The lowest BCUT2D eigenvalue weighted by molar-refractivity contribution is 0.523. The van der Waals surface area contributed by atoms with Gasteiger partial charge in [-0.15, -0.1) is 0 Å². The van der Waals surface area contributed by atoms with Crippen molar-refractivity contribution in [3.8, 4) is 11.1 Å². The molecule has 0 saturated carbocycles. The molecule has 0 atom stereocenters. The van der Waals surface area contributed by atoms with Crippen LogP contribution in [0.3, 0.4) is 0 Å². The Kier molecular flexibility index (Phi) is 4.38. The lowest BCUT2D eigenvalue weighted by atomic mass is 9.84. The van der Waals surface area contributed by atoms with E-state index in [0.717, 1.165) is 23.1 Å². The van der Waals surface area contributed by atoms with Crippen molar-refractivity contribution in [3.05, 3.63) is 58.1 Å². The first-order chi connectivity index (χ1) is 9.72. The number of aryl methyl sites for hydroxylation is 1. The second kappa shape index (κ2) is 5.76. The lowest BCUT2D eigenvalue weighted by Gasteiger charge is -2.21. The maximum atomic E-state index is 14.2. The van der Waals surface area contributed by atoms with Crippen molar-refractivity contribution in [3.63, 3.8) is 0 Å². The van der Waals surface area contributed by atoms with Crippen molar-refractivity contribution in [1.29, 1.82) is 0 Å². The predicted molar refractivity (Wildman–Crippen MR) is 84.9 cm³/mol. The molecule has 0 saturated heterocycles. The Hall–Kier alpha value is -1.41. The van der Waals surface area contributed by atoms with Crippen LogP contribution in [0, 0.1) is 11.6 Å². The molecule has 0 spiro atoms. The molecule has 0 nitrogen and oxygen atoms in total. The first-order valence-corrected chi connectivity index (χ1v) is 7.39. The van der Waals surface area contributed by atoms with Crippen molar-refractivity contribution in [2.75, 3.05) is 0 Å². The highest BCUT2D eigenvalue weighted by molar-refractivity contribution is 6.31. The largest absolute Gasteiger partial charge is 0.207 e. The highest BCUT2D eigenvalue weighted by Gasteiger charge is 2.21. The molecule has 0 fully saturated rings. The molecule has 0 bridgehead atoms. The van der Waals surface area contributed by atoms with E-state index in [1.165, 1.54) is 12.1 Å². The summed E-state index contributed by atoms with van der Waals surface area (Å²) in [5.74, 6) is -0.692. The zero-order chi connectivity index (χ0) is 15.8. The summed E-state index contributed by atoms with van der Waals surface area (Å²) in [5, 5.41) is 0.0692. The molecule has 0 unspecified atom stereocenters. The fraction of sp³-hybridized carbons (Fsp3) is 0.333. The Bertz CT molecular complexity index is 670. The van der Waals surface area contributed by atoms with Crippen LogP contribution in [0.15, 0.2) is 30.3 Å². The molecule has 0 amide bonds. The molecular formula is C18H19ClF2. The summed E-state index contributed by atoms with van der Waals surface area (Å²) in [4.78, 5) is 0. The van der Waals surface area contributed by atoms with Gasteiger partial charge < -0.3 is 0 Å². The van der Waals surface area contributed by atoms with Gasteiger partial charge in [0, 0.05) is 0 Å². The van der Waals surface area contributed by atoms with Crippen molar-refractivity contribution in [2.24, 2.45) is 0 Å². The van der Waals surface area contributed by atoms with E-state index in [1.807, 2.05) is 33.8 Å². The number of benzene rings is 2. The van der Waals surface area contributed by atoms with E-state index >= 15 is 0 Å². The number of hydrogen-bond donors (Lipinski definition) is 0. The van der Waals surface area contributed by atoms with E-state index in [1.54, 1.807) is 12.1 Å². The van der Waals surface area contributed by atoms with Crippen LogP contribution in [0.5, 0.6) is 0 Å². The van der Waals surface area contributed by atoms with Gasteiger partial charge in [0.1, 0.15) is 11.6 Å². The van der Waals surface area contributed by atoms with Crippen LogP contribution in [0.4, 0.5) is 8.78 Å². The molecule has 2 aromatic carbocycles. The van der Waals surface area contributed by atoms with Crippen LogP contribution >= 0.6 is 11.6 Å². The molecule has 0 aliphatic heterocycles. The molecule has 0 heterocycles. The van der Waals surface area contributed by atoms with E-state index in [2.05, 4.69) is 0 Å². The number of rotatable bonds is 2. The zero-order valence-corrected chi connectivity index (χ0v) is 13.5. The van der Waals surface area contributed by atoms with Crippen molar-refractivity contribution < 1.29 is 8.78 Å². The lowest BCUT2D eigenvalue weighted by Crippen LogP contribution is -2.14.